The number of nitrogens with two attached hydrogens (primary N) is 1. The molecule has 0 radical (unpaired) electrons. The third-order valence-corrected chi connectivity index (χ3v) is 3.48. The number of unbranched alkanes of at least 4 members (excludes halogenated alkanes) is 1. The number of rotatable bonds is 6. The molecule has 0 aromatic heterocycles. The molecule has 0 aliphatic heterocycles. The first kappa shape index (κ1) is 15.1. The van der Waals surface area contributed by atoms with Crippen LogP contribution in [0.1, 0.15) is 34.3 Å². The van der Waals surface area contributed by atoms with Gasteiger partial charge in [-0.3, -0.25) is 0 Å². The van der Waals surface area contributed by atoms with Crippen molar-refractivity contribution >= 4 is 11.7 Å². The van der Waals surface area contributed by atoms with E-state index in [9.17, 15) is 4.79 Å². The summed E-state index contributed by atoms with van der Waals surface area (Å²) >= 11 is 0. The van der Waals surface area contributed by atoms with Crippen LogP contribution in [0.2, 0.25) is 0 Å². The molecular formula is C18H21NO2. The van der Waals surface area contributed by atoms with Crippen LogP contribution < -0.4 is 5.73 Å². The molecule has 2 aromatic carbocycles. The largest absolute Gasteiger partial charge is 0.462 e. The monoisotopic (exact) mass is 283 g/mol. The maximum atomic E-state index is 11.9. The van der Waals surface area contributed by atoms with E-state index in [1.807, 2.05) is 37.3 Å². The quantitative estimate of drug-likeness (QED) is 0.499. The molecule has 3 heteroatoms. The van der Waals surface area contributed by atoms with E-state index < -0.39 is 0 Å². The number of nitrogen functional groups attached to an aromatic ring is 1. The van der Waals surface area contributed by atoms with E-state index in [0.29, 0.717) is 17.9 Å². The Morgan fingerprint density at radius 1 is 1.05 bits per heavy atom. The fourth-order valence-corrected chi connectivity index (χ4v) is 2.18. The van der Waals surface area contributed by atoms with Gasteiger partial charge in [-0.05, 0) is 43.4 Å². The highest BCUT2D eigenvalue weighted by Crippen LogP contribution is 2.17. The van der Waals surface area contributed by atoms with Crippen LogP contribution in [-0.4, -0.2) is 12.6 Å². The lowest BCUT2D eigenvalue weighted by Gasteiger charge is -2.08. The average molecular weight is 283 g/mol. The highest BCUT2D eigenvalue weighted by molar-refractivity contribution is 5.95. The van der Waals surface area contributed by atoms with Crippen molar-refractivity contribution in [3.8, 4) is 0 Å². The summed E-state index contributed by atoms with van der Waals surface area (Å²) in [6.07, 6.45) is 2.86. The van der Waals surface area contributed by atoms with Gasteiger partial charge in [0.2, 0.25) is 0 Å². The molecule has 0 aliphatic rings. The van der Waals surface area contributed by atoms with Crippen LogP contribution in [0.5, 0.6) is 0 Å². The molecule has 3 nitrogen and oxygen atoms in total. The van der Waals surface area contributed by atoms with Crippen LogP contribution in [0.15, 0.2) is 48.5 Å². The Labute approximate surface area is 125 Å². The van der Waals surface area contributed by atoms with Crippen LogP contribution in [0.3, 0.4) is 0 Å². The van der Waals surface area contributed by atoms with Gasteiger partial charge >= 0.3 is 5.97 Å². The van der Waals surface area contributed by atoms with Gasteiger partial charge in [-0.15, -0.1) is 0 Å². The highest BCUT2D eigenvalue weighted by Gasteiger charge is 2.11. The summed E-state index contributed by atoms with van der Waals surface area (Å²) in [4.78, 5) is 11.9. The summed E-state index contributed by atoms with van der Waals surface area (Å²) in [7, 11) is 0. The van der Waals surface area contributed by atoms with Gasteiger partial charge in [0.05, 0.1) is 12.2 Å². The molecule has 0 heterocycles. The summed E-state index contributed by atoms with van der Waals surface area (Å²) in [5.41, 5.74) is 9.06. The fourth-order valence-electron chi connectivity index (χ4n) is 2.18. The first-order chi connectivity index (χ1) is 10.2. The van der Waals surface area contributed by atoms with Gasteiger partial charge in [0, 0.05) is 5.69 Å². The van der Waals surface area contributed by atoms with Crippen LogP contribution in [0, 0.1) is 6.92 Å². The normalized spacial score (nSPS) is 10.3. The molecule has 2 rings (SSSR count). The number of benzene rings is 2. The van der Waals surface area contributed by atoms with E-state index in [1.165, 1.54) is 5.56 Å². The van der Waals surface area contributed by atoms with Gasteiger partial charge in [-0.25, -0.2) is 4.79 Å². The smallest absolute Gasteiger partial charge is 0.340 e. The van der Waals surface area contributed by atoms with Crippen LogP contribution in [0.4, 0.5) is 5.69 Å². The predicted octanol–water partition coefficient (Wildman–Crippen LogP) is 3.76. The zero-order valence-electron chi connectivity index (χ0n) is 12.3. The molecule has 21 heavy (non-hydrogen) atoms. The minimum Gasteiger partial charge on any atom is -0.462 e. The van der Waals surface area contributed by atoms with Crippen LogP contribution in [0.25, 0.3) is 0 Å². The van der Waals surface area contributed by atoms with Crippen molar-refractivity contribution in [1.82, 2.24) is 0 Å². The second-order valence-electron chi connectivity index (χ2n) is 5.11. The van der Waals surface area contributed by atoms with Gasteiger partial charge in [-0.1, -0.05) is 42.5 Å². The van der Waals surface area contributed by atoms with Crippen molar-refractivity contribution in [2.24, 2.45) is 0 Å². The molecule has 0 fully saturated rings. The third-order valence-electron chi connectivity index (χ3n) is 3.48. The maximum absolute atomic E-state index is 11.9. The first-order valence-corrected chi connectivity index (χ1v) is 7.24. The molecule has 0 aliphatic carbocycles. The standard InChI is InChI=1S/C18H21NO2/c1-14-8-7-12-16(17(14)19)18(20)21-13-6-5-11-15-9-3-2-4-10-15/h2-4,7-10,12H,5-6,11,13,19H2,1H3. The third kappa shape index (κ3) is 4.35. The first-order valence-electron chi connectivity index (χ1n) is 7.24. The number of aryl methyl sites for hydroxylation is 2. The number of carbonyl (C=O) groups excluding carboxylic acids is 1. The van der Waals surface area contributed by atoms with E-state index in [-0.39, 0.29) is 5.97 Å². The van der Waals surface area contributed by atoms with E-state index in [0.717, 1.165) is 24.8 Å². The van der Waals surface area contributed by atoms with Gasteiger partial charge in [0.25, 0.3) is 0 Å². The van der Waals surface area contributed by atoms with Gasteiger partial charge in [0.15, 0.2) is 0 Å². The zero-order valence-corrected chi connectivity index (χ0v) is 12.3. The topological polar surface area (TPSA) is 52.3 Å². The van der Waals surface area contributed by atoms with Gasteiger partial charge < -0.3 is 10.5 Å². The van der Waals surface area contributed by atoms with E-state index >= 15 is 0 Å². The fraction of sp³-hybridized carbons (Fsp3) is 0.278. The van der Waals surface area contributed by atoms with Crippen LogP contribution >= 0.6 is 0 Å². The summed E-state index contributed by atoms with van der Waals surface area (Å²) in [6.45, 7) is 2.31. The molecule has 0 saturated carbocycles. The van der Waals surface area contributed by atoms with Crippen molar-refractivity contribution in [2.75, 3.05) is 12.3 Å². The minimum absolute atomic E-state index is 0.337. The van der Waals surface area contributed by atoms with Gasteiger partial charge in [0.1, 0.15) is 0 Å². The van der Waals surface area contributed by atoms with Crippen molar-refractivity contribution in [1.29, 1.82) is 0 Å². The van der Waals surface area contributed by atoms with Crippen molar-refractivity contribution < 1.29 is 9.53 Å². The molecule has 0 spiro atoms. The molecule has 0 amide bonds. The Morgan fingerprint density at radius 2 is 1.81 bits per heavy atom. The van der Waals surface area contributed by atoms with Crippen molar-refractivity contribution in [3.63, 3.8) is 0 Å². The number of esters is 1. The second-order valence-corrected chi connectivity index (χ2v) is 5.11. The highest BCUT2D eigenvalue weighted by atomic mass is 16.5. The van der Waals surface area contributed by atoms with E-state index in [4.69, 9.17) is 10.5 Å². The van der Waals surface area contributed by atoms with E-state index in [2.05, 4.69) is 12.1 Å². The van der Waals surface area contributed by atoms with E-state index in [1.54, 1.807) is 6.07 Å². The molecule has 0 bridgehead atoms. The van der Waals surface area contributed by atoms with Crippen molar-refractivity contribution in [2.45, 2.75) is 26.2 Å². The lowest BCUT2D eigenvalue weighted by molar-refractivity contribution is 0.0499. The number of para-hydroxylation sites is 1. The number of hydrogen-bond donors (Lipinski definition) is 1. The second kappa shape index (κ2) is 7.48. The Bertz CT molecular complexity index is 593. The zero-order chi connectivity index (χ0) is 15.1. The summed E-state index contributed by atoms with van der Waals surface area (Å²) in [5.74, 6) is -0.337. The molecule has 0 atom stereocenters. The Balaban J connectivity index is 1.73. The van der Waals surface area contributed by atoms with Crippen LogP contribution in [-0.2, 0) is 11.2 Å². The summed E-state index contributed by atoms with van der Waals surface area (Å²) in [6, 6.07) is 15.7. The molecular weight excluding hydrogens is 262 g/mol. The number of ether oxygens (including phenoxy) is 1. The summed E-state index contributed by atoms with van der Waals surface area (Å²) in [5, 5.41) is 0. The number of hydrogen-bond acceptors (Lipinski definition) is 3. The predicted molar refractivity (Wildman–Crippen MR) is 85.3 cm³/mol. The van der Waals surface area contributed by atoms with Crippen molar-refractivity contribution in [3.05, 3.63) is 65.2 Å². The molecule has 110 valence electrons. The molecule has 2 N–H and O–H groups in total. The molecule has 2 aromatic rings. The molecule has 0 unspecified atom stereocenters. The van der Waals surface area contributed by atoms with Gasteiger partial charge in [-0.2, -0.15) is 0 Å². The lowest BCUT2D eigenvalue weighted by atomic mass is 10.1. The minimum atomic E-state index is -0.337. The average Bonchev–Trinajstić information content (AvgIpc) is 2.50. The number of carbonyl (C=O) groups is 1. The summed E-state index contributed by atoms with van der Waals surface area (Å²) < 4.78 is 5.28. The SMILES string of the molecule is Cc1cccc(C(=O)OCCCCc2ccccc2)c1N. The Morgan fingerprint density at radius 3 is 2.57 bits per heavy atom. The Hall–Kier alpha value is -2.29. The Kier molecular flexibility index (Phi) is 5.38. The number of anilines is 1. The molecule has 0 saturated heterocycles. The lowest BCUT2D eigenvalue weighted by Crippen LogP contribution is -2.10. The maximum Gasteiger partial charge on any atom is 0.340 e.